The van der Waals surface area contributed by atoms with Gasteiger partial charge in [-0.2, -0.15) is 0 Å². The molecule has 2 fully saturated rings. The zero-order chi connectivity index (χ0) is 19.1. The highest BCUT2D eigenvalue weighted by Crippen LogP contribution is 2.45. The molecule has 0 radical (unpaired) electrons. The van der Waals surface area contributed by atoms with Gasteiger partial charge in [-0.3, -0.25) is 4.40 Å². The summed E-state index contributed by atoms with van der Waals surface area (Å²) < 4.78 is 21.8. The third kappa shape index (κ3) is 3.20. The van der Waals surface area contributed by atoms with Crippen LogP contribution in [-0.4, -0.2) is 46.3 Å². The van der Waals surface area contributed by atoms with Crippen LogP contribution in [0, 0.1) is 0 Å². The Hall–Kier alpha value is -2.67. The quantitative estimate of drug-likeness (QED) is 0.685. The first kappa shape index (κ1) is 17.4. The van der Waals surface area contributed by atoms with Crippen LogP contribution < -0.4 is 15.4 Å². The predicted molar refractivity (Wildman–Crippen MR) is 107 cm³/mol. The number of rotatable bonds is 6. The number of fused-ring (bicyclic) bond motifs is 1. The fourth-order valence-corrected chi connectivity index (χ4v) is 3.83. The third-order valence-electron chi connectivity index (χ3n) is 5.44. The molecule has 2 atom stereocenters. The fraction of sp³-hybridized carbons (Fsp3) is 0.429. The molecule has 2 unspecified atom stereocenters. The average molecular weight is 381 g/mol. The van der Waals surface area contributed by atoms with Gasteiger partial charge in [0, 0.05) is 30.9 Å². The third-order valence-corrected chi connectivity index (χ3v) is 5.44. The molecule has 0 bridgehead atoms. The van der Waals surface area contributed by atoms with Crippen LogP contribution >= 0.6 is 0 Å². The lowest BCUT2D eigenvalue weighted by Crippen LogP contribution is -2.29. The molecular weight excluding hydrogens is 357 g/mol. The zero-order valence-electron chi connectivity index (χ0n) is 15.9. The molecule has 28 heavy (non-hydrogen) atoms. The normalized spacial score (nSPS) is 21.9. The first-order valence-corrected chi connectivity index (χ1v) is 9.95. The van der Waals surface area contributed by atoms with Crippen LogP contribution in [0.15, 0.2) is 36.7 Å². The lowest BCUT2D eigenvalue weighted by atomic mass is 10.1. The highest BCUT2D eigenvalue weighted by molar-refractivity contribution is 5.64. The van der Waals surface area contributed by atoms with Gasteiger partial charge in [0.25, 0.3) is 0 Å². The minimum atomic E-state index is -0.903. The van der Waals surface area contributed by atoms with E-state index in [-0.39, 0.29) is 6.04 Å². The summed E-state index contributed by atoms with van der Waals surface area (Å²) in [5.41, 5.74) is 3.81. The Morgan fingerprint density at radius 2 is 2.21 bits per heavy atom. The van der Waals surface area contributed by atoms with Crippen molar-refractivity contribution in [1.29, 1.82) is 0 Å². The number of hydrogen-bond donors (Lipinski definition) is 2. The van der Waals surface area contributed by atoms with Gasteiger partial charge in [0.2, 0.25) is 0 Å². The molecule has 146 valence electrons. The van der Waals surface area contributed by atoms with Crippen molar-refractivity contribution in [1.82, 2.24) is 19.7 Å². The van der Waals surface area contributed by atoms with Gasteiger partial charge in [-0.1, -0.05) is 6.07 Å². The summed E-state index contributed by atoms with van der Waals surface area (Å²) in [6.07, 6.45) is 5.48. The van der Waals surface area contributed by atoms with Crippen molar-refractivity contribution in [3.8, 4) is 17.1 Å². The summed E-state index contributed by atoms with van der Waals surface area (Å²) in [6, 6.07) is 7.54. The first-order valence-electron chi connectivity index (χ1n) is 9.95. The molecule has 3 aromatic heterocycles. The number of imidazole rings is 1. The van der Waals surface area contributed by atoms with Crippen molar-refractivity contribution in [3.63, 3.8) is 0 Å². The lowest BCUT2D eigenvalue weighted by Gasteiger charge is -2.15. The van der Waals surface area contributed by atoms with Crippen molar-refractivity contribution in [2.24, 2.45) is 0 Å². The molecule has 1 saturated carbocycles. The predicted octanol–water partition coefficient (Wildman–Crippen LogP) is 3.39. The van der Waals surface area contributed by atoms with Crippen molar-refractivity contribution in [2.45, 2.75) is 37.9 Å². The molecular formula is C21H24FN5O. The highest BCUT2D eigenvalue weighted by Gasteiger charge is 2.29. The van der Waals surface area contributed by atoms with E-state index in [4.69, 9.17) is 9.72 Å². The van der Waals surface area contributed by atoms with E-state index in [0.717, 1.165) is 22.8 Å². The van der Waals surface area contributed by atoms with Gasteiger partial charge in [-0.05, 0) is 37.8 Å². The van der Waals surface area contributed by atoms with Crippen LogP contribution in [0.25, 0.3) is 17.0 Å². The summed E-state index contributed by atoms with van der Waals surface area (Å²) >= 11 is 0. The molecule has 0 spiro atoms. The standard InChI is InChI=1S/C21H24FN5O/c1-2-28-19-8-21-24-11-18(27(21)12-14(19)13-6-7-13)16-4-3-5-20(25-16)26-17-10-23-9-15(17)22/h3-5,8,11-13,15,17,23H,2,6-7,9-10H2,1H3,(H,25,26). The van der Waals surface area contributed by atoms with E-state index in [9.17, 15) is 4.39 Å². The Morgan fingerprint density at radius 1 is 1.32 bits per heavy atom. The Balaban J connectivity index is 1.50. The monoisotopic (exact) mass is 381 g/mol. The summed E-state index contributed by atoms with van der Waals surface area (Å²) in [7, 11) is 0. The number of halogens is 1. The van der Waals surface area contributed by atoms with Crippen molar-refractivity contribution >= 4 is 11.5 Å². The van der Waals surface area contributed by atoms with E-state index in [1.54, 1.807) is 0 Å². The summed E-state index contributed by atoms with van der Waals surface area (Å²) in [5, 5.41) is 6.26. The SMILES string of the molecule is CCOc1cc2ncc(-c3cccc(NC4CNCC4F)n3)n2cc1C1CC1. The summed E-state index contributed by atoms with van der Waals surface area (Å²) in [6.45, 7) is 3.64. The van der Waals surface area contributed by atoms with E-state index in [1.807, 2.05) is 37.4 Å². The maximum Gasteiger partial charge on any atom is 0.140 e. The molecule has 2 N–H and O–H groups in total. The van der Waals surface area contributed by atoms with Gasteiger partial charge in [0.1, 0.15) is 23.4 Å². The molecule has 1 saturated heterocycles. The Labute approximate surface area is 163 Å². The van der Waals surface area contributed by atoms with Crippen LogP contribution in [0.2, 0.25) is 0 Å². The van der Waals surface area contributed by atoms with E-state index < -0.39 is 6.17 Å². The van der Waals surface area contributed by atoms with Crippen LogP contribution in [-0.2, 0) is 0 Å². The molecule has 2 aliphatic rings. The minimum Gasteiger partial charge on any atom is -0.493 e. The van der Waals surface area contributed by atoms with Crippen LogP contribution in [0.4, 0.5) is 10.2 Å². The smallest absolute Gasteiger partial charge is 0.140 e. The fourth-order valence-electron chi connectivity index (χ4n) is 3.83. The van der Waals surface area contributed by atoms with Gasteiger partial charge >= 0.3 is 0 Å². The van der Waals surface area contributed by atoms with E-state index in [1.165, 1.54) is 18.4 Å². The Bertz CT molecular complexity index is 1000. The van der Waals surface area contributed by atoms with Crippen molar-refractivity contribution in [3.05, 3.63) is 42.2 Å². The average Bonchev–Trinajstić information content (AvgIpc) is 3.35. The molecule has 6 nitrogen and oxygen atoms in total. The maximum absolute atomic E-state index is 13.9. The molecule has 5 rings (SSSR count). The highest BCUT2D eigenvalue weighted by atomic mass is 19.1. The van der Waals surface area contributed by atoms with Crippen molar-refractivity contribution in [2.75, 3.05) is 25.0 Å². The number of hydrogen-bond acceptors (Lipinski definition) is 5. The number of nitrogens with one attached hydrogen (secondary N) is 2. The zero-order valence-corrected chi connectivity index (χ0v) is 15.9. The number of aromatic nitrogens is 3. The van der Waals surface area contributed by atoms with Gasteiger partial charge in [-0.25, -0.2) is 14.4 Å². The number of anilines is 1. The number of ether oxygens (including phenoxy) is 1. The summed E-state index contributed by atoms with van der Waals surface area (Å²) in [4.78, 5) is 9.27. The molecule has 4 heterocycles. The minimum absolute atomic E-state index is 0.250. The van der Waals surface area contributed by atoms with Crippen LogP contribution in [0.1, 0.15) is 31.2 Å². The second kappa shape index (κ2) is 7.05. The van der Waals surface area contributed by atoms with Crippen LogP contribution in [0.5, 0.6) is 5.75 Å². The second-order valence-corrected chi connectivity index (χ2v) is 7.51. The Kier molecular flexibility index (Phi) is 4.39. The lowest BCUT2D eigenvalue weighted by molar-refractivity contribution is 0.336. The van der Waals surface area contributed by atoms with Gasteiger partial charge in [-0.15, -0.1) is 0 Å². The van der Waals surface area contributed by atoms with E-state index in [2.05, 4.69) is 26.2 Å². The molecule has 7 heteroatoms. The topological polar surface area (TPSA) is 63.5 Å². The molecule has 3 aromatic rings. The largest absolute Gasteiger partial charge is 0.493 e. The molecule has 0 aromatic carbocycles. The van der Waals surface area contributed by atoms with E-state index >= 15 is 0 Å². The van der Waals surface area contributed by atoms with Crippen LogP contribution in [0.3, 0.4) is 0 Å². The molecule has 0 amide bonds. The Morgan fingerprint density at radius 3 is 2.96 bits per heavy atom. The number of nitrogens with zero attached hydrogens (tertiary/aromatic N) is 3. The van der Waals surface area contributed by atoms with Gasteiger partial charge in [0.05, 0.1) is 30.2 Å². The number of alkyl halides is 1. The van der Waals surface area contributed by atoms with Crippen molar-refractivity contribution < 1.29 is 9.13 Å². The second-order valence-electron chi connectivity index (χ2n) is 7.51. The summed E-state index contributed by atoms with van der Waals surface area (Å²) in [5.74, 6) is 2.18. The number of pyridine rings is 2. The molecule has 1 aliphatic carbocycles. The maximum atomic E-state index is 13.9. The van der Waals surface area contributed by atoms with E-state index in [0.29, 0.717) is 31.4 Å². The molecule has 1 aliphatic heterocycles. The van der Waals surface area contributed by atoms with Gasteiger partial charge in [0.15, 0.2) is 0 Å². The van der Waals surface area contributed by atoms with Gasteiger partial charge < -0.3 is 15.4 Å². The first-order chi connectivity index (χ1) is 13.7.